The monoisotopic (exact) mass is 422 g/mol. The van der Waals surface area contributed by atoms with Crippen molar-refractivity contribution in [1.29, 1.82) is 0 Å². The molecule has 0 saturated carbocycles. The molecule has 0 aliphatic heterocycles. The maximum Gasteiger partial charge on any atom is 0.341 e. The van der Waals surface area contributed by atoms with Gasteiger partial charge < -0.3 is 14.6 Å². The van der Waals surface area contributed by atoms with E-state index in [4.69, 9.17) is 4.74 Å². The van der Waals surface area contributed by atoms with E-state index in [1.54, 1.807) is 11.3 Å². The lowest BCUT2D eigenvalue weighted by Gasteiger charge is -2.06. The molecule has 0 atom stereocenters. The molecule has 0 spiro atoms. The van der Waals surface area contributed by atoms with Crippen LogP contribution in [-0.2, 0) is 16.6 Å². The number of ether oxygens (including phenoxy) is 1. The minimum Gasteiger partial charge on any atom is -0.465 e. The average Bonchev–Trinajstić information content (AvgIpc) is 3.34. The van der Waals surface area contributed by atoms with Gasteiger partial charge in [-0.2, -0.15) is 0 Å². The van der Waals surface area contributed by atoms with Crippen molar-refractivity contribution in [2.24, 2.45) is 7.05 Å². The van der Waals surface area contributed by atoms with E-state index in [0.717, 1.165) is 21.1 Å². The number of thioether (sulfide) groups is 1. The number of aromatic nitrogens is 3. The molecular formula is C17H18N4O3S3. The van der Waals surface area contributed by atoms with Gasteiger partial charge in [0.15, 0.2) is 11.0 Å². The normalized spacial score (nSPS) is 10.8. The molecule has 0 radical (unpaired) electrons. The van der Waals surface area contributed by atoms with Crippen molar-refractivity contribution < 1.29 is 14.3 Å². The number of esters is 1. The zero-order valence-electron chi connectivity index (χ0n) is 15.2. The largest absolute Gasteiger partial charge is 0.465 e. The highest BCUT2D eigenvalue weighted by molar-refractivity contribution is 7.99. The van der Waals surface area contributed by atoms with E-state index in [-0.39, 0.29) is 11.7 Å². The quantitative estimate of drug-likeness (QED) is 0.481. The lowest BCUT2D eigenvalue weighted by molar-refractivity contribution is -0.113. The number of aryl methyl sites for hydroxylation is 1. The van der Waals surface area contributed by atoms with Crippen LogP contribution in [0.5, 0.6) is 0 Å². The first-order valence-electron chi connectivity index (χ1n) is 7.96. The summed E-state index contributed by atoms with van der Waals surface area (Å²) in [6, 6.07) is 3.93. The van der Waals surface area contributed by atoms with E-state index in [1.165, 1.54) is 30.2 Å². The van der Waals surface area contributed by atoms with E-state index in [1.807, 2.05) is 43.0 Å². The van der Waals surface area contributed by atoms with Crippen LogP contribution in [0.4, 0.5) is 5.00 Å². The van der Waals surface area contributed by atoms with Crippen LogP contribution >= 0.6 is 34.4 Å². The summed E-state index contributed by atoms with van der Waals surface area (Å²) in [5, 5.41) is 14.3. The molecule has 3 rings (SSSR count). The maximum absolute atomic E-state index is 12.4. The van der Waals surface area contributed by atoms with Gasteiger partial charge in [-0.3, -0.25) is 4.79 Å². The number of hydrogen-bond acceptors (Lipinski definition) is 8. The Kier molecular flexibility index (Phi) is 5.98. The number of rotatable bonds is 6. The van der Waals surface area contributed by atoms with Crippen molar-refractivity contribution in [2.75, 3.05) is 18.2 Å². The number of nitrogens with one attached hydrogen (secondary N) is 1. The highest BCUT2D eigenvalue weighted by Crippen LogP contribution is 2.33. The fourth-order valence-corrected chi connectivity index (χ4v) is 4.94. The highest BCUT2D eigenvalue weighted by Gasteiger charge is 2.22. The molecule has 3 aromatic heterocycles. The first kappa shape index (κ1) is 19.6. The molecule has 27 heavy (non-hydrogen) atoms. The van der Waals surface area contributed by atoms with Crippen LogP contribution in [0.3, 0.4) is 0 Å². The zero-order chi connectivity index (χ0) is 19.6. The van der Waals surface area contributed by atoms with Gasteiger partial charge in [-0.05, 0) is 30.9 Å². The van der Waals surface area contributed by atoms with E-state index in [0.29, 0.717) is 15.7 Å². The Morgan fingerprint density at radius 2 is 2.11 bits per heavy atom. The molecule has 7 nitrogen and oxygen atoms in total. The summed E-state index contributed by atoms with van der Waals surface area (Å²) < 4.78 is 6.69. The van der Waals surface area contributed by atoms with Crippen molar-refractivity contribution in [3.8, 4) is 10.7 Å². The third-order valence-corrected chi connectivity index (χ3v) is 6.95. The minimum atomic E-state index is -0.450. The molecule has 10 heteroatoms. The molecule has 3 aromatic rings. The predicted octanol–water partition coefficient (Wildman–Crippen LogP) is 3.74. The van der Waals surface area contributed by atoms with Gasteiger partial charge in [0.05, 0.1) is 23.3 Å². The Labute approximate surface area is 168 Å². The fourth-order valence-electron chi connectivity index (χ4n) is 2.42. The summed E-state index contributed by atoms with van der Waals surface area (Å²) >= 11 is 4.25. The predicted molar refractivity (Wildman–Crippen MR) is 109 cm³/mol. The third-order valence-electron chi connectivity index (χ3n) is 3.94. The van der Waals surface area contributed by atoms with Crippen LogP contribution < -0.4 is 5.32 Å². The molecule has 142 valence electrons. The molecule has 0 unspecified atom stereocenters. The second-order valence-corrected chi connectivity index (χ2v) is 8.77. The number of thiophene rings is 2. The second-order valence-electron chi connectivity index (χ2n) is 5.66. The van der Waals surface area contributed by atoms with Gasteiger partial charge in [0.1, 0.15) is 5.00 Å². The average molecular weight is 423 g/mol. The number of nitrogens with zero attached hydrogens (tertiary/aromatic N) is 3. The molecule has 0 bridgehead atoms. The van der Waals surface area contributed by atoms with Crippen molar-refractivity contribution in [2.45, 2.75) is 19.0 Å². The Bertz CT molecular complexity index is 976. The van der Waals surface area contributed by atoms with Crippen LogP contribution in [0.15, 0.2) is 22.7 Å². The van der Waals surface area contributed by atoms with E-state index in [9.17, 15) is 9.59 Å². The Morgan fingerprint density at radius 1 is 1.33 bits per heavy atom. The van der Waals surface area contributed by atoms with Crippen molar-refractivity contribution >= 4 is 51.3 Å². The van der Waals surface area contributed by atoms with Gasteiger partial charge in [-0.15, -0.1) is 32.9 Å². The van der Waals surface area contributed by atoms with Gasteiger partial charge in [0.25, 0.3) is 0 Å². The van der Waals surface area contributed by atoms with E-state index in [2.05, 4.69) is 15.5 Å². The van der Waals surface area contributed by atoms with Gasteiger partial charge in [-0.25, -0.2) is 4.79 Å². The molecular weight excluding hydrogens is 404 g/mol. The van der Waals surface area contributed by atoms with Gasteiger partial charge >= 0.3 is 5.97 Å². The first-order chi connectivity index (χ1) is 12.9. The molecule has 0 aliphatic carbocycles. The smallest absolute Gasteiger partial charge is 0.341 e. The number of carbonyl (C=O) groups excluding carboxylic acids is 2. The molecule has 3 heterocycles. The lowest BCUT2D eigenvalue weighted by atomic mass is 10.1. The standard InChI is InChI=1S/C17H18N4O3S3/c1-9-10(2)27-15(13(9)16(23)24-4)18-12(22)8-26-17-20-19-14(21(17)3)11-6-5-7-25-11/h5-7H,8H2,1-4H3,(H,18,22). The van der Waals surface area contributed by atoms with Crippen molar-refractivity contribution in [3.63, 3.8) is 0 Å². The summed E-state index contributed by atoms with van der Waals surface area (Å²) in [6.07, 6.45) is 0. The molecule has 0 fully saturated rings. The Hall–Kier alpha value is -2.17. The number of methoxy groups -OCH3 is 1. The van der Waals surface area contributed by atoms with Crippen molar-refractivity contribution in [3.05, 3.63) is 33.5 Å². The molecule has 1 amide bonds. The van der Waals surface area contributed by atoms with Gasteiger partial charge in [0.2, 0.25) is 5.91 Å². The molecule has 1 N–H and O–H groups in total. The van der Waals surface area contributed by atoms with Crippen LogP contribution in [0, 0.1) is 13.8 Å². The van der Waals surface area contributed by atoms with Crippen LogP contribution in [0.1, 0.15) is 20.8 Å². The Morgan fingerprint density at radius 3 is 2.78 bits per heavy atom. The number of amides is 1. The van der Waals surface area contributed by atoms with Gasteiger partial charge in [-0.1, -0.05) is 17.8 Å². The van der Waals surface area contributed by atoms with E-state index >= 15 is 0 Å². The van der Waals surface area contributed by atoms with Gasteiger partial charge in [0, 0.05) is 11.9 Å². The summed E-state index contributed by atoms with van der Waals surface area (Å²) in [5.74, 6) is 0.263. The first-order valence-corrected chi connectivity index (χ1v) is 10.6. The van der Waals surface area contributed by atoms with Crippen LogP contribution in [0.25, 0.3) is 10.7 Å². The third kappa shape index (κ3) is 4.07. The summed E-state index contributed by atoms with van der Waals surface area (Å²) in [4.78, 5) is 26.4. The minimum absolute atomic E-state index is 0.160. The molecule has 0 aromatic carbocycles. The number of hydrogen-bond donors (Lipinski definition) is 1. The molecule has 0 aliphatic rings. The van der Waals surface area contributed by atoms with Crippen LogP contribution in [-0.4, -0.2) is 39.5 Å². The summed E-state index contributed by atoms with van der Waals surface area (Å²) in [7, 11) is 3.20. The topological polar surface area (TPSA) is 86.1 Å². The summed E-state index contributed by atoms with van der Waals surface area (Å²) in [6.45, 7) is 3.75. The zero-order valence-corrected chi connectivity index (χ0v) is 17.7. The van der Waals surface area contributed by atoms with E-state index < -0.39 is 5.97 Å². The fraction of sp³-hybridized carbons (Fsp3) is 0.294. The lowest BCUT2D eigenvalue weighted by Crippen LogP contribution is -2.16. The number of anilines is 1. The molecule has 0 saturated heterocycles. The summed E-state index contributed by atoms with van der Waals surface area (Å²) in [5.41, 5.74) is 1.24. The maximum atomic E-state index is 12.4. The number of carbonyl (C=O) groups is 2. The van der Waals surface area contributed by atoms with Crippen LogP contribution in [0.2, 0.25) is 0 Å². The van der Waals surface area contributed by atoms with Crippen molar-refractivity contribution in [1.82, 2.24) is 14.8 Å². The SMILES string of the molecule is COC(=O)c1c(NC(=O)CSc2nnc(-c3cccs3)n2C)sc(C)c1C. The Balaban J connectivity index is 1.68. The highest BCUT2D eigenvalue weighted by atomic mass is 32.2. The second kappa shape index (κ2) is 8.24.